The lowest BCUT2D eigenvalue weighted by Crippen LogP contribution is -2.30. The first-order valence-electron chi connectivity index (χ1n) is 32.1. The van der Waals surface area contributed by atoms with E-state index in [0.717, 1.165) is 141 Å². The van der Waals surface area contributed by atoms with Crippen molar-refractivity contribution < 1.29 is 28.6 Å². The molecule has 0 bridgehead atoms. The van der Waals surface area contributed by atoms with Gasteiger partial charge in [0.2, 0.25) is 0 Å². The Balaban J connectivity index is 4.35. The maximum absolute atomic E-state index is 12.9. The van der Waals surface area contributed by atoms with Gasteiger partial charge in [-0.2, -0.15) is 0 Å². The zero-order chi connectivity index (χ0) is 57.8. The number of carbonyl (C=O) groups excluding carboxylic acids is 3. The van der Waals surface area contributed by atoms with E-state index in [1.165, 1.54) is 70.6 Å². The summed E-state index contributed by atoms with van der Waals surface area (Å²) in [5.74, 6) is -1.03. The molecule has 0 saturated carbocycles. The van der Waals surface area contributed by atoms with Gasteiger partial charge in [-0.1, -0.05) is 287 Å². The van der Waals surface area contributed by atoms with Gasteiger partial charge in [0.1, 0.15) is 13.2 Å². The van der Waals surface area contributed by atoms with Gasteiger partial charge < -0.3 is 14.2 Å². The summed E-state index contributed by atoms with van der Waals surface area (Å²) in [6, 6.07) is 0. The molecule has 6 heteroatoms. The number of esters is 3. The van der Waals surface area contributed by atoms with Gasteiger partial charge in [-0.3, -0.25) is 14.4 Å². The van der Waals surface area contributed by atoms with E-state index in [9.17, 15) is 14.4 Å². The molecule has 0 aromatic rings. The van der Waals surface area contributed by atoms with Gasteiger partial charge in [0.25, 0.3) is 0 Å². The van der Waals surface area contributed by atoms with Crippen LogP contribution in [-0.4, -0.2) is 37.2 Å². The minimum atomic E-state index is -0.824. The Labute approximate surface area is 492 Å². The summed E-state index contributed by atoms with van der Waals surface area (Å²) in [6.45, 7) is 6.32. The number of rotatable bonds is 56. The van der Waals surface area contributed by atoms with Crippen LogP contribution in [0.15, 0.2) is 170 Å². The Morgan fingerprint density at radius 1 is 0.263 bits per heavy atom. The second-order valence-electron chi connectivity index (χ2n) is 20.6. The SMILES string of the molecule is CC/C=C\C/C=C\C/C=C\C/C=C\C/C=C\C/C=C\C/C=C\C/C=C\C/C=C\C/C=C\CCCCCCC(=O)OCC(COC(=O)CC/C=C\C/C=C\C/C=C\C/C=C\CC)OC(=O)CCCCCCCCCCCCCCCC. The molecule has 0 heterocycles. The third-order valence-corrected chi connectivity index (χ3v) is 13.0. The van der Waals surface area contributed by atoms with Crippen molar-refractivity contribution in [1.82, 2.24) is 0 Å². The normalized spacial score (nSPS) is 13.3. The van der Waals surface area contributed by atoms with Gasteiger partial charge in [0, 0.05) is 19.3 Å². The fourth-order valence-corrected chi connectivity index (χ4v) is 8.25. The Morgan fingerprint density at radius 3 is 0.838 bits per heavy atom. The van der Waals surface area contributed by atoms with Crippen LogP contribution in [0, 0.1) is 0 Å². The van der Waals surface area contributed by atoms with Gasteiger partial charge in [0.15, 0.2) is 6.10 Å². The zero-order valence-electron chi connectivity index (χ0n) is 51.3. The highest BCUT2D eigenvalue weighted by atomic mass is 16.6. The van der Waals surface area contributed by atoms with Crippen LogP contribution >= 0.6 is 0 Å². The summed E-state index contributed by atoms with van der Waals surface area (Å²) in [4.78, 5) is 38.2. The molecule has 0 N–H and O–H groups in total. The van der Waals surface area contributed by atoms with E-state index in [1.54, 1.807) is 0 Å². The largest absolute Gasteiger partial charge is 0.462 e. The molecular formula is C74H116O6. The highest BCUT2D eigenvalue weighted by Gasteiger charge is 2.19. The first-order chi connectivity index (χ1) is 39.5. The summed E-state index contributed by atoms with van der Waals surface area (Å²) in [6.07, 6.45) is 98.1. The average molecular weight is 1100 g/mol. The number of allylic oxidation sites excluding steroid dienone is 28. The van der Waals surface area contributed by atoms with Crippen LogP contribution in [0.1, 0.15) is 258 Å². The summed E-state index contributed by atoms with van der Waals surface area (Å²) in [5.41, 5.74) is 0. The minimum absolute atomic E-state index is 0.118. The minimum Gasteiger partial charge on any atom is -0.462 e. The lowest BCUT2D eigenvalue weighted by Gasteiger charge is -2.18. The van der Waals surface area contributed by atoms with Crippen LogP contribution in [0.4, 0.5) is 0 Å². The van der Waals surface area contributed by atoms with Crippen molar-refractivity contribution >= 4 is 17.9 Å². The first-order valence-corrected chi connectivity index (χ1v) is 32.1. The van der Waals surface area contributed by atoms with Gasteiger partial charge in [0.05, 0.1) is 0 Å². The van der Waals surface area contributed by atoms with E-state index in [-0.39, 0.29) is 37.5 Å². The molecule has 0 fully saturated rings. The number of hydrogen-bond acceptors (Lipinski definition) is 6. The van der Waals surface area contributed by atoms with Crippen molar-refractivity contribution in [3.05, 3.63) is 170 Å². The van der Waals surface area contributed by atoms with Crippen molar-refractivity contribution in [1.29, 1.82) is 0 Å². The maximum atomic E-state index is 12.9. The van der Waals surface area contributed by atoms with Crippen LogP contribution in [0.3, 0.4) is 0 Å². The highest BCUT2D eigenvalue weighted by Crippen LogP contribution is 2.15. The molecule has 0 aromatic carbocycles. The topological polar surface area (TPSA) is 78.9 Å². The second-order valence-corrected chi connectivity index (χ2v) is 20.6. The third-order valence-electron chi connectivity index (χ3n) is 13.0. The van der Waals surface area contributed by atoms with Crippen molar-refractivity contribution in [2.75, 3.05) is 13.2 Å². The van der Waals surface area contributed by atoms with Gasteiger partial charge >= 0.3 is 17.9 Å². The smallest absolute Gasteiger partial charge is 0.306 e. The Morgan fingerprint density at radius 2 is 0.512 bits per heavy atom. The molecule has 0 aromatic heterocycles. The van der Waals surface area contributed by atoms with E-state index in [4.69, 9.17) is 14.2 Å². The molecule has 1 atom stereocenters. The Bertz CT molecular complexity index is 1840. The monoisotopic (exact) mass is 1100 g/mol. The quantitative estimate of drug-likeness (QED) is 0.0261. The standard InChI is InChI=1S/C74H116O6/c1-4-7-10-13-16-19-22-25-27-28-29-30-31-32-33-34-35-36-37-38-39-40-41-42-43-44-45-46-47-50-52-55-58-61-64-67-73(76)79-70-71(69-78-72(75)66-63-60-57-54-51-48-24-21-18-15-12-9-6-3)80-74(77)68-65-62-59-56-53-49-26-23-20-17-14-11-8-5-2/h7,9-10,12,16,18-19,21,25,27,29-30,32-33,35-36,38-39,41-42,44-45,47-48,50-51,57,60,71H,4-6,8,11,13-15,17,20,22-24,26,28,31,34,37,40,43,46,49,52-56,58-59,61-70H2,1-3H3/b10-7-,12-9-,19-16-,21-18-,27-25-,30-29-,33-32-,36-35-,39-38-,42-41-,45-44-,50-47-,51-48-,60-57-. The van der Waals surface area contributed by atoms with Crippen molar-refractivity contribution in [2.45, 2.75) is 264 Å². The fraction of sp³-hybridized carbons (Fsp3) is 0.581. The number of ether oxygens (including phenoxy) is 3. The molecule has 0 saturated heterocycles. The van der Waals surface area contributed by atoms with Crippen molar-refractivity contribution in [3.63, 3.8) is 0 Å². The molecule has 0 rings (SSSR count). The molecule has 0 radical (unpaired) electrons. The third kappa shape index (κ3) is 63.6. The summed E-state index contributed by atoms with van der Waals surface area (Å²) < 4.78 is 16.8. The number of carbonyl (C=O) groups is 3. The zero-order valence-corrected chi connectivity index (χ0v) is 51.3. The van der Waals surface area contributed by atoms with Crippen LogP contribution in [0.2, 0.25) is 0 Å². The van der Waals surface area contributed by atoms with E-state index in [2.05, 4.69) is 179 Å². The Kier molecular flexibility index (Phi) is 61.9. The summed E-state index contributed by atoms with van der Waals surface area (Å²) in [7, 11) is 0. The van der Waals surface area contributed by atoms with E-state index >= 15 is 0 Å². The van der Waals surface area contributed by atoms with E-state index in [0.29, 0.717) is 19.3 Å². The van der Waals surface area contributed by atoms with Crippen LogP contribution < -0.4 is 0 Å². The molecule has 0 spiro atoms. The molecule has 1 unspecified atom stereocenters. The predicted octanol–water partition coefficient (Wildman–Crippen LogP) is 22.3. The van der Waals surface area contributed by atoms with Crippen LogP contribution in [0.25, 0.3) is 0 Å². The predicted molar refractivity (Wildman–Crippen MR) is 348 cm³/mol. The van der Waals surface area contributed by atoms with Gasteiger partial charge in [-0.05, 0) is 122 Å². The molecule has 0 aliphatic heterocycles. The van der Waals surface area contributed by atoms with Gasteiger partial charge in [-0.25, -0.2) is 0 Å². The lowest BCUT2D eigenvalue weighted by molar-refractivity contribution is -0.166. The average Bonchev–Trinajstić information content (AvgIpc) is 3.46. The molecule has 0 amide bonds. The molecule has 6 nitrogen and oxygen atoms in total. The molecule has 80 heavy (non-hydrogen) atoms. The number of unbranched alkanes of at least 4 members (excludes halogenated alkanes) is 17. The maximum Gasteiger partial charge on any atom is 0.306 e. The molecule has 448 valence electrons. The number of hydrogen-bond donors (Lipinski definition) is 0. The van der Waals surface area contributed by atoms with Gasteiger partial charge in [-0.15, -0.1) is 0 Å². The highest BCUT2D eigenvalue weighted by molar-refractivity contribution is 5.71. The molecule has 0 aliphatic rings. The Hall–Kier alpha value is -5.23. The first kappa shape index (κ1) is 74.8. The lowest BCUT2D eigenvalue weighted by atomic mass is 10.0. The fourth-order valence-electron chi connectivity index (χ4n) is 8.25. The summed E-state index contributed by atoms with van der Waals surface area (Å²) in [5, 5.41) is 0. The van der Waals surface area contributed by atoms with Crippen LogP contribution in [0.5, 0.6) is 0 Å². The van der Waals surface area contributed by atoms with E-state index in [1.807, 2.05) is 12.2 Å². The molecular weight excluding hydrogens is 985 g/mol. The molecule has 0 aliphatic carbocycles. The summed E-state index contributed by atoms with van der Waals surface area (Å²) >= 11 is 0. The van der Waals surface area contributed by atoms with Crippen LogP contribution in [-0.2, 0) is 28.6 Å². The van der Waals surface area contributed by atoms with Crippen molar-refractivity contribution in [3.8, 4) is 0 Å². The van der Waals surface area contributed by atoms with Crippen molar-refractivity contribution in [2.24, 2.45) is 0 Å². The van der Waals surface area contributed by atoms with E-state index < -0.39 is 6.10 Å². The second kappa shape index (κ2) is 66.3.